The number of ketones is 1. The lowest BCUT2D eigenvalue weighted by Crippen LogP contribution is -2.43. The first kappa shape index (κ1) is 22.8. The van der Waals surface area contributed by atoms with E-state index < -0.39 is 0 Å². The van der Waals surface area contributed by atoms with Crippen molar-refractivity contribution < 1.29 is 14.4 Å². The number of aromatic amines is 2. The lowest BCUT2D eigenvalue weighted by molar-refractivity contribution is -0.121. The van der Waals surface area contributed by atoms with E-state index in [1.165, 1.54) is 6.42 Å². The van der Waals surface area contributed by atoms with Crippen LogP contribution < -0.4 is 5.32 Å². The Balaban J connectivity index is 1.06. The number of carbonyl (C=O) groups excluding carboxylic acids is 3. The van der Waals surface area contributed by atoms with Gasteiger partial charge in [-0.25, -0.2) is 4.98 Å². The highest BCUT2D eigenvalue weighted by Crippen LogP contribution is 2.62. The Morgan fingerprint density at radius 2 is 1.97 bits per heavy atom. The minimum Gasteiger partial charge on any atom is -0.356 e. The molecule has 3 aromatic heterocycles. The number of pyridine rings is 1. The van der Waals surface area contributed by atoms with Crippen LogP contribution in [0.1, 0.15) is 77.8 Å². The van der Waals surface area contributed by atoms with Gasteiger partial charge in [-0.05, 0) is 67.6 Å². The van der Waals surface area contributed by atoms with Crippen molar-refractivity contribution in [3.63, 3.8) is 0 Å². The van der Waals surface area contributed by atoms with Crippen molar-refractivity contribution in [2.24, 2.45) is 23.2 Å². The molecule has 3 atom stereocenters. The number of nitrogens with one attached hydrogen (secondary N) is 3. The van der Waals surface area contributed by atoms with Crippen LogP contribution >= 0.6 is 0 Å². The van der Waals surface area contributed by atoms with Gasteiger partial charge in [0, 0.05) is 48.3 Å². The molecule has 3 aromatic rings. The number of Topliss-reactive ketones (excluding diaryl/α,β-unsaturated/α-hetero) is 1. The molecular formula is C29H33N5O3. The number of anilines is 1. The molecule has 7 rings (SSSR count). The predicted molar refractivity (Wildman–Crippen MR) is 139 cm³/mol. The van der Waals surface area contributed by atoms with Gasteiger partial charge in [0.25, 0.3) is 5.91 Å². The number of carbonyl (C=O) groups is 3. The van der Waals surface area contributed by atoms with Crippen LogP contribution in [0.25, 0.3) is 11.0 Å². The number of nitrogens with zero attached hydrogens (tertiary/aromatic N) is 2. The zero-order chi connectivity index (χ0) is 25.1. The second-order valence-corrected chi connectivity index (χ2v) is 11.7. The topological polar surface area (TPSA) is 111 Å². The van der Waals surface area contributed by atoms with Crippen LogP contribution in [0, 0.1) is 23.2 Å². The first-order valence-electron chi connectivity index (χ1n) is 13.8. The van der Waals surface area contributed by atoms with Crippen LogP contribution in [-0.2, 0) is 11.2 Å². The Morgan fingerprint density at radius 1 is 1.11 bits per heavy atom. The molecule has 2 aliphatic carbocycles. The van der Waals surface area contributed by atoms with E-state index in [4.69, 9.17) is 0 Å². The van der Waals surface area contributed by atoms with Crippen molar-refractivity contribution in [1.82, 2.24) is 19.9 Å². The van der Waals surface area contributed by atoms with Gasteiger partial charge in [-0.3, -0.25) is 14.4 Å². The van der Waals surface area contributed by atoms with Crippen molar-refractivity contribution in [3.8, 4) is 0 Å². The summed E-state index contributed by atoms with van der Waals surface area (Å²) in [5.41, 5.74) is 3.96. The fourth-order valence-corrected chi connectivity index (χ4v) is 7.44. The molecule has 3 fully saturated rings. The molecule has 8 nitrogen and oxygen atoms in total. The van der Waals surface area contributed by atoms with E-state index in [2.05, 4.69) is 20.3 Å². The number of fused-ring (bicyclic) bond motifs is 3. The number of H-pyrrole nitrogens is 2. The van der Waals surface area contributed by atoms with Gasteiger partial charge in [-0.1, -0.05) is 19.3 Å². The summed E-state index contributed by atoms with van der Waals surface area (Å²) in [6, 6.07) is 3.79. The molecule has 2 amide bonds. The summed E-state index contributed by atoms with van der Waals surface area (Å²) in [7, 11) is 0. The molecule has 37 heavy (non-hydrogen) atoms. The molecule has 0 bridgehead atoms. The second kappa shape index (κ2) is 8.57. The lowest BCUT2D eigenvalue weighted by atomic mass is 9.82. The number of amides is 2. The third-order valence-electron chi connectivity index (χ3n) is 9.52. The summed E-state index contributed by atoms with van der Waals surface area (Å²) in [5, 5.41) is 4.17. The first-order chi connectivity index (χ1) is 18.0. The average Bonchev–Trinajstić information content (AvgIpc) is 3.30. The van der Waals surface area contributed by atoms with E-state index in [1.807, 2.05) is 17.2 Å². The third kappa shape index (κ3) is 3.80. The monoisotopic (exact) mass is 499 g/mol. The maximum absolute atomic E-state index is 13.4. The molecule has 4 aliphatic rings. The first-order valence-corrected chi connectivity index (χ1v) is 13.8. The Bertz CT molecular complexity index is 1400. The van der Waals surface area contributed by atoms with E-state index in [1.54, 1.807) is 18.5 Å². The van der Waals surface area contributed by atoms with Gasteiger partial charge >= 0.3 is 0 Å². The quantitative estimate of drug-likeness (QED) is 0.452. The average molecular weight is 500 g/mol. The number of hydrogen-bond donors (Lipinski definition) is 3. The van der Waals surface area contributed by atoms with Crippen LogP contribution in [0.4, 0.5) is 5.69 Å². The van der Waals surface area contributed by atoms with Gasteiger partial charge in [0.2, 0.25) is 5.91 Å². The number of likely N-dealkylation sites (tertiary alicyclic amines) is 1. The predicted octanol–water partition coefficient (Wildman–Crippen LogP) is 4.71. The molecule has 0 aromatic carbocycles. The lowest BCUT2D eigenvalue weighted by Gasteiger charge is -2.35. The van der Waals surface area contributed by atoms with Gasteiger partial charge in [0.1, 0.15) is 11.3 Å². The minimum atomic E-state index is -0.0896. The summed E-state index contributed by atoms with van der Waals surface area (Å²) in [5.74, 6) is 0.477. The maximum atomic E-state index is 13.4. The van der Waals surface area contributed by atoms with Gasteiger partial charge in [0.05, 0.1) is 11.9 Å². The Kier molecular flexibility index (Phi) is 5.27. The summed E-state index contributed by atoms with van der Waals surface area (Å²) in [4.78, 5) is 52.1. The largest absolute Gasteiger partial charge is 0.356 e. The highest BCUT2D eigenvalue weighted by Gasteiger charge is 2.60. The van der Waals surface area contributed by atoms with Crippen LogP contribution in [-0.4, -0.2) is 50.5 Å². The number of rotatable bonds is 4. The normalized spacial score (nSPS) is 27.8. The fourth-order valence-electron chi connectivity index (χ4n) is 7.44. The molecule has 3 unspecified atom stereocenters. The van der Waals surface area contributed by atoms with Crippen molar-refractivity contribution >= 4 is 34.3 Å². The summed E-state index contributed by atoms with van der Waals surface area (Å²) >= 11 is 0. The summed E-state index contributed by atoms with van der Waals surface area (Å²) in [6.07, 6.45) is 14.4. The van der Waals surface area contributed by atoms with Crippen LogP contribution in [0.15, 0.2) is 30.7 Å². The van der Waals surface area contributed by atoms with E-state index in [0.29, 0.717) is 30.8 Å². The van der Waals surface area contributed by atoms with Gasteiger partial charge < -0.3 is 20.2 Å². The fraction of sp³-hybridized carbons (Fsp3) is 0.517. The van der Waals surface area contributed by atoms with E-state index >= 15 is 0 Å². The zero-order valence-corrected chi connectivity index (χ0v) is 21.0. The molecule has 1 saturated heterocycles. The molecule has 8 heteroatoms. The van der Waals surface area contributed by atoms with Crippen molar-refractivity contribution in [2.45, 2.75) is 57.8 Å². The minimum absolute atomic E-state index is 0.00501. The van der Waals surface area contributed by atoms with Crippen molar-refractivity contribution in [1.29, 1.82) is 0 Å². The Hall–Kier alpha value is -3.42. The number of aromatic nitrogens is 3. The van der Waals surface area contributed by atoms with E-state index in [0.717, 1.165) is 67.2 Å². The molecule has 192 valence electrons. The van der Waals surface area contributed by atoms with E-state index in [9.17, 15) is 14.4 Å². The molecular weight excluding hydrogens is 466 g/mol. The zero-order valence-electron chi connectivity index (χ0n) is 21.0. The highest BCUT2D eigenvalue weighted by atomic mass is 16.2. The van der Waals surface area contributed by atoms with Crippen LogP contribution in [0.3, 0.4) is 0 Å². The van der Waals surface area contributed by atoms with Crippen LogP contribution in [0.5, 0.6) is 0 Å². The molecule has 5 heterocycles. The Morgan fingerprint density at radius 3 is 2.84 bits per heavy atom. The Labute approximate surface area is 215 Å². The molecule has 1 spiro atoms. The molecule has 0 radical (unpaired) electrons. The molecule has 2 aliphatic heterocycles. The maximum Gasteiger partial charge on any atom is 0.270 e. The standard InChI is InChI=1S/C29H33N5O3/c35-25(17-5-2-1-3-6-17)18-11-23(31-14-18)28(37)34-10-4-8-29(16-34)13-22(29)21-12-20-19-7-9-30-26(19)32-15-24(20)33-27(21)36/h7,9,11,14-15,17,21-22,31H,1-6,8,10,12-13,16H2,(H,30,32)(H,33,36). The smallest absolute Gasteiger partial charge is 0.270 e. The highest BCUT2D eigenvalue weighted by molar-refractivity contribution is 6.02. The number of hydrogen-bond acceptors (Lipinski definition) is 4. The second-order valence-electron chi connectivity index (χ2n) is 11.7. The van der Waals surface area contributed by atoms with Crippen molar-refractivity contribution in [2.75, 3.05) is 18.4 Å². The summed E-state index contributed by atoms with van der Waals surface area (Å²) < 4.78 is 0. The third-order valence-corrected chi connectivity index (χ3v) is 9.52. The molecule has 3 N–H and O–H groups in total. The molecule has 2 saturated carbocycles. The van der Waals surface area contributed by atoms with Crippen molar-refractivity contribution in [3.05, 3.63) is 47.5 Å². The van der Waals surface area contributed by atoms with E-state index in [-0.39, 0.29) is 40.8 Å². The van der Waals surface area contributed by atoms with Crippen LogP contribution in [0.2, 0.25) is 0 Å². The number of piperidine rings is 1. The summed E-state index contributed by atoms with van der Waals surface area (Å²) in [6.45, 7) is 1.39. The van der Waals surface area contributed by atoms with Gasteiger partial charge in [-0.15, -0.1) is 0 Å². The van der Waals surface area contributed by atoms with Gasteiger partial charge in [0.15, 0.2) is 5.78 Å². The SMILES string of the molecule is O=C(c1c[nH]c(C(=O)N2CCCC3(CC3C3Cc4c(cnc5[nH]ccc45)NC3=O)C2)c1)C1CCCCC1. The van der Waals surface area contributed by atoms with Gasteiger partial charge in [-0.2, -0.15) is 0 Å².